The first-order valence-electron chi connectivity index (χ1n) is 4.20. The molecule has 2 fully saturated rings. The molecular weight excluding hydrogens is 162 g/mol. The number of ether oxygens (including phenoxy) is 1. The van der Waals surface area contributed by atoms with Gasteiger partial charge in [0.1, 0.15) is 0 Å². The van der Waals surface area contributed by atoms with Crippen molar-refractivity contribution >= 4 is 12.4 Å². The van der Waals surface area contributed by atoms with Crippen LogP contribution in [-0.2, 0) is 4.74 Å². The zero-order valence-electron chi connectivity index (χ0n) is 6.71. The quantitative estimate of drug-likeness (QED) is 0.608. The molecular formula is C8H16ClNO. The van der Waals surface area contributed by atoms with Gasteiger partial charge in [-0.15, -0.1) is 12.4 Å². The van der Waals surface area contributed by atoms with Gasteiger partial charge in [-0.05, 0) is 32.1 Å². The molecule has 11 heavy (non-hydrogen) atoms. The molecule has 1 aliphatic heterocycles. The lowest BCUT2D eigenvalue weighted by molar-refractivity contribution is -0.132. The predicted molar refractivity (Wildman–Crippen MR) is 47.0 cm³/mol. The third kappa shape index (κ3) is 1.68. The van der Waals surface area contributed by atoms with Crippen molar-refractivity contribution in [3.63, 3.8) is 0 Å². The number of hydrogen-bond acceptors (Lipinski definition) is 2. The highest BCUT2D eigenvalue weighted by molar-refractivity contribution is 5.85. The Kier molecular flexibility index (Phi) is 2.79. The Balaban J connectivity index is 0.000000605. The van der Waals surface area contributed by atoms with E-state index in [0.717, 1.165) is 6.61 Å². The molecule has 0 radical (unpaired) electrons. The van der Waals surface area contributed by atoms with E-state index in [-0.39, 0.29) is 12.4 Å². The Morgan fingerprint density at radius 1 is 1.27 bits per heavy atom. The van der Waals surface area contributed by atoms with Gasteiger partial charge in [0, 0.05) is 6.04 Å². The van der Waals surface area contributed by atoms with E-state index in [1.165, 1.54) is 32.1 Å². The molecule has 1 saturated carbocycles. The van der Waals surface area contributed by atoms with Crippen molar-refractivity contribution in [3.05, 3.63) is 0 Å². The van der Waals surface area contributed by atoms with E-state index in [1.807, 2.05) is 0 Å². The molecule has 2 rings (SSSR count). The maximum Gasteiger partial charge on any atom is 0.0684 e. The monoisotopic (exact) mass is 177 g/mol. The Morgan fingerprint density at radius 2 is 2.00 bits per heavy atom. The third-order valence-electron chi connectivity index (χ3n) is 2.84. The molecule has 0 aromatic carbocycles. The van der Waals surface area contributed by atoms with Crippen LogP contribution in [0.15, 0.2) is 0 Å². The Hall–Kier alpha value is 0.210. The molecule has 66 valence electrons. The van der Waals surface area contributed by atoms with E-state index in [2.05, 4.69) is 0 Å². The highest BCUT2D eigenvalue weighted by atomic mass is 35.5. The van der Waals surface area contributed by atoms with Crippen LogP contribution in [0, 0.1) is 0 Å². The summed E-state index contributed by atoms with van der Waals surface area (Å²) in [4.78, 5) is 0. The standard InChI is InChI=1S/C8H15NO.ClH/c9-7-2-5-8(10-6-7)3-1-4-8;/h7H,1-6,9H2;1H. The lowest BCUT2D eigenvalue weighted by Gasteiger charge is -2.45. The fraction of sp³-hybridized carbons (Fsp3) is 1.00. The van der Waals surface area contributed by atoms with Crippen LogP contribution >= 0.6 is 12.4 Å². The molecule has 2 aliphatic rings. The van der Waals surface area contributed by atoms with Crippen LogP contribution in [0.25, 0.3) is 0 Å². The van der Waals surface area contributed by atoms with Gasteiger partial charge in [-0.3, -0.25) is 0 Å². The summed E-state index contributed by atoms with van der Waals surface area (Å²) in [6.45, 7) is 0.792. The van der Waals surface area contributed by atoms with Gasteiger partial charge in [-0.1, -0.05) is 0 Å². The van der Waals surface area contributed by atoms with Gasteiger partial charge < -0.3 is 10.5 Å². The Labute approximate surface area is 73.9 Å². The van der Waals surface area contributed by atoms with E-state index < -0.39 is 0 Å². The van der Waals surface area contributed by atoms with Crippen molar-refractivity contribution in [3.8, 4) is 0 Å². The third-order valence-corrected chi connectivity index (χ3v) is 2.84. The van der Waals surface area contributed by atoms with E-state index in [1.54, 1.807) is 0 Å². The summed E-state index contributed by atoms with van der Waals surface area (Å²) < 4.78 is 5.69. The lowest BCUT2D eigenvalue weighted by Crippen LogP contribution is -2.48. The van der Waals surface area contributed by atoms with Crippen molar-refractivity contribution in [1.82, 2.24) is 0 Å². The fourth-order valence-corrected chi connectivity index (χ4v) is 1.85. The first-order valence-corrected chi connectivity index (χ1v) is 4.20. The summed E-state index contributed by atoms with van der Waals surface area (Å²) in [5.41, 5.74) is 6.01. The fourth-order valence-electron chi connectivity index (χ4n) is 1.85. The zero-order chi connectivity index (χ0) is 7.03. The average Bonchev–Trinajstić information content (AvgIpc) is 1.86. The minimum Gasteiger partial charge on any atom is -0.373 e. The summed E-state index contributed by atoms with van der Waals surface area (Å²) in [5.74, 6) is 0. The molecule has 3 heteroatoms. The van der Waals surface area contributed by atoms with Crippen LogP contribution in [0.5, 0.6) is 0 Å². The van der Waals surface area contributed by atoms with Crippen LogP contribution in [0.2, 0.25) is 0 Å². The highest BCUT2D eigenvalue weighted by Gasteiger charge is 2.40. The summed E-state index contributed by atoms with van der Waals surface area (Å²) in [6, 6.07) is 0.311. The zero-order valence-corrected chi connectivity index (χ0v) is 7.53. The molecule has 2 nitrogen and oxygen atoms in total. The minimum absolute atomic E-state index is 0. The number of nitrogens with two attached hydrogens (primary N) is 1. The molecule has 1 atom stereocenters. The second-order valence-electron chi connectivity index (χ2n) is 3.65. The van der Waals surface area contributed by atoms with Crippen LogP contribution in [-0.4, -0.2) is 18.2 Å². The van der Waals surface area contributed by atoms with Crippen molar-refractivity contribution in [2.75, 3.05) is 6.61 Å². The van der Waals surface area contributed by atoms with Gasteiger partial charge in [-0.2, -0.15) is 0 Å². The molecule has 0 bridgehead atoms. The Morgan fingerprint density at radius 3 is 2.36 bits per heavy atom. The van der Waals surface area contributed by atoms with E-state index in [0.29, 0.717) is 11.6 Å². The van der Waals surface area contributed by atoms with Gasteiger partial charge in [0.05, 0.1) is 12.2 Å². The first-order chi connectivity index (χ1) is 4.81. The van der Waals surface area contributed by atoms with Gasteiger partial charge in [-0.25, -0.2) is 0 Å². The number of halogens is 1. The molecule has 2 N–H and O–H groups in total. The minimum atomic E-state index is 0. The van der Waals surface area contributed by atoms with Crippen molar-refractivity contribution in [1.29, 1.82) is 0 Å². The maximum absolute atomic E-state index is 5.71. The van der Waals surface area contributed by atoms with E-state index in [4.69, 9.17) is 10.5 Å². The van der Waals surface area contributed by atoms with E-state index >= 15 is 0 Å². The molecule has 0 amide bonds. The topological polar surface area (TPSA) is 35.2 Å². The molecule has 1 saturated heterocycles. The SMILES string of the molecule is Cl.NC1CCC2(CCC2)OC1. The number of hydrogen-bond donors (Lipinski definition) is 1. The molecule has 0 aromatic rings. The summed E-state index contributed by atoms with van der Waals surface area (Å²) in [5, 5.41) is 0. The Bertz CT molecular complexity index is 126. The van der Waals surface area contributed by atoms with Gasteiger partial charge in [0.2, 0.25) is 0 Å². The lowest BCUT2D eigenvalue weighted by atomic mass is 9.75. The molecule has 1 aliphatic carbocycles. The van der Waals surface area contributed by atoms with Gasteiger partial charge in [0.25, 0.3) is 0 Å². The van der Waals surface area contributed by atoms with Crippen LogP contribution in [0.3, 0.4) is 0 Å². The summed E-state index contributed by atoms with van der Waals surface area (Å²) in [6.07, 6.45) is 6.28. The maximum atomic E-state index is 5.71. The highest BCUT2D eigenvalue weighted by Crippen LogP contribution is 2.41. The largest absolute Gasteiger partial charge is 0.373 e. The van der Waals surface area contributed by atoms with Crippen molar-refractivity contribution in [2.45, 2.75) is 43.7 Å². The predicted octanol–water partition coefficient (Wildman–Crippen LogP) is 1.47. The average molecular weight is 178 g/mol. The van der Waals surface area contributed by atoms with Crippen LogP contribution < -0.4 is 5.73 Å². The van der Waals surface area contributed by atoms with Crippen LogP contribution in [0.4, 0.5) is 0 Å². The van der Waals surface area contributed by atoms with E-state index in [9.17, 15) is 0 Å². The first kappa shape index (κ1) is 9.30. The van der Waals surface area contributed by atoms with Crippen molar-refractivity contribution < 1.29 is 4.74 Å². The molecule has 1 unspecified atom stereocenters. The second-order valence-corrected chi connectivity index (χ2v) is 3.65. The second kappa shape index (κ2) is 3.30. The van der Waals surface area contributed by atoms with Crippen LogP contribution in [0.1, 0.15) is 32.1 Å². The smallest absolute Gasteiger partial charge is 0.0684 e. The van der Waals surface area contributed by atoms with Gasteiger partial charge >= 0.3 is 0 Å². The number of rotatable bonds is 0. The van der Waals surface area contributed by atoms with Crippen molar-refractivity contribution in [2.24, 2.45) is 5.73 Å². The summed E-state index contributed by atoms with van der Waals surface area (Å²) >= 11 is 0. The molecule has 1 heterocycles. The molecule has 0 aromatic heterocycles. The normalized spacial score (nSPS) is 34.1. The summed E-state index contributed by atoms with van der Waals surface area (Å²) in [7, 11) is 0. The van der Waals surface area contributed by atoms with Gasteiger partial charge in [0.15, 0.2) is 0 Å². The molecule has 1 spiro atoms.